The van der Waals surface area contributed by atoms with Gasteiger partial charge in [0.15, 0.2) is 5.17 Å². The molecule has 0 aromatic rings. The summed E-state index contributed by atoms with van der Waals surface area (Å²) in [6, 6.07) is 1.10. The number of unbranched alkanes of at least 4 members (excludes halogenated alkanes) is 2. The molecule has 100 valence electrons. The molecule has 0 aliphatic carbocycles. The number of amidine groups is 1. The third-order valence-corrected chi connectivity index (χ3v) is 4.25. The summed E-state index contributed by atoms with van der Waals surface area (Å²) in [5.41, 5.74) is 0. The molecule has 0 saturated carbocycles. The van der Waals surface area contributed by atoms with Crippen LogP contribution in [0, 0.1) is 5.92 Å². The molecule has 2 nitrogen and oxygen atoms in total. The summed E-state index contributed by atoms with van der Waals surface area (Å²) in [7, 11) is 0. The molecule has 1 N–H and O–H groups in total. The van der Waals surface area contributed by atoms with Crippen LogP contribution in [0.1, 0.15) is 59.8 Å². The largest absolute Gasteiger partial charge is 0.362 e. The summed E-state index contributed by atoms with van der Waals surface area (Å²) < 4.78 is 0. The lowest BCUT2D eigenvalue weighted by Crippen LogP contribution is -2.34. The molecule has 0 radical (unpaired) electrons. The molecule has 0 aromatic carbocycles. The van der Waals surface area contributed by atoms with Crippen LogP contribution in [0.15, 0.2) is 4.99 Å². The van der Waals surface area contributed by atoms with Gasteiger partial charge in [-0.1, -0.05) is 51.8 Å². The first-order chi connectivity index (χ1) is 8.13. The van der Waals surface area contributed by atoms with Crippen LogP contribution in [-0.4, -0.2) is 23.0 Å². The number of hydrogen-bond donors (Lipinski definition) is 1. The molecule has 1 aliphatic heterocycles. The topological polar surface area (TPSA) is 24.4 Å². The van der Waals surface area contributed by atoms with Gasteiger partial charge < -0.3 is 5.32 Å². The van der Waals surface area contributed by atoms with Gasteiger partial charge in [-0.2, -0.15) is 0 Å². The van der Waals surface area contributed by atoms with Gasteiger partial charge >= 0.3 is 0 Å². The van der Waals surface area contributed by atoms with Crippen molar-refractivity contribution in [2.75, 3.05) is 5.75 Å². The summed E-state index contributed by atoms with van der Waals surface area (Å²) >= 11 is 1.89. The Morgan fingerprint density at radius 3 is 2.76 bits per heavy atom. The van der Waals surface area contributed by atoms with Crippen molar-refractivity contribution in [1.29, 1.82) is 0 Å². The molecule has 1 rings (SSSR count). The minimum atomic E-state index is 0.529. The van der Waals surface area contributed by atoms with E-state index in [1.54, 1.807) is 0 Å². The standard InChI is InChI=1S/C14H28N2S/c1-5-6-7-8-12(4)15-14-16-13(11(2)3)9-10-17-14/h11-13H,5-10H2,1-4H3,(H,15,16). The molecule has 0 aromatic heterocycles. The maximum atomic E-state index is 4.82. The second-order valence-corrected chi connectivity index (χ2v) is 6.51. The van der Waals surface area contributed by atoms with E-state index in [4.69, 9.17) is 4.99 Å². The summed E-state index contributed by atoms with van der Waals surface area (Å²) in [5, 5.41) is 4.76. The average Bonchev–Trinajstić information content (AvgIpc) is 2.29. The summed E-state index contributed by atoms with van der Waals surface area (Å²) in [6.45, 7) is 9.07. The van der Waals surface area contributed by atoms with Crippen molar-refractivity contribution < 1.29 is 0 Å². The van der Waals surface area contributed by atoms with Gasteiger partial charge in [0.05, 0.1) is 6.04 Å². The van der Waals surface area contributed by atoms with Gasteiger partial charge in [0.1, 0.15) is 0 Å². The highest BCUT2D eigenvalue weighted by atomic mass is 32.2. The summed E-state index contributed by atoms with van der Waals surface area (Å²) in [6.07, 6.45) is 6.48. The van der Waals surface area contributed by atoms with Gasteiger partial charge in [-0.3, -0.25) is 4.99 Å². The molecule has 3 heteroatoms. The van der Waals surface area contributed by atoms with E-state index < -0.39 is 0 Å². The molecular formula is C14H28N2S. The summed E-state index contributed by atoms with van der Waals surface area (Å²) in [5.74, 6) is 1.89. The van der Waals surface area contributed by atoms with Crippen LogP contribution >= 0.6 is 11.8 Å². The van der Waals surface area contributed by atoms with Crippen LogP contribution in [0.3, 0.4) is 0 Å². The van der Waals surface area contributed by atoms with Gasteiger partial charge in [-0.15, -0.1) is 0 Å². The number of hydrogen-bond acceptors (Lipinski definition) is 3. The van der Waals surface area contributed by atoms with E-state index in [1.807, 2.05) is 11.8 Å². The minimum absolute atomic E-state index is 0.529. The fourth-order valence-electron chi connectivity index (χ4n) is 2.07. The molecule has 0 amide bonds. The predicted octanol–water partition coefficient (Wildman–Crippen LogP) is 4.06. The molecule has 0 fully saturated rings. The van der Waals surface area contributed by atoms with E-state index in [2.05, 4.69) is 33.0 Å². The Labute approximate surface area is 111 Å². The van der Waals surface area contributed by atoms with Gasteiger partial charge in [0, 0.05) is 11.8 Å². The highest BCUT2D eigenvalue weighted by Gasteiger charge is 2.19. The van der Waals surface area contributed by atoms with Crippen LogP contribution in [0.2, 0.25) is 0 Å². The van der Waals surface area contributed by atoms with Gasteiger partial charge in [-0.05, 0) is 25.7 Å². The quantitative estimate of drug-likeness (QED) is 0.725. The first-order valence-corrected chi connectivity index (χ1v) is 8.09. The molecule has 0 saturated heterocycles. The Hall–Kier alpha value is -0.180. The number of aliphatic imine (C=N–C) groups is 1. The fourth-order valence-corrected chi connectivity index (χ4v) is 3.12. The smallest absolute Gasteiger partial charge is 0.157 e. The fraction of sp³-hybridized carbons (Fsp3) is 0.929. The molecule has 2 atom stereocenters. The van der Waals surface area contributed by atoms with Crippen LogP contribution < -0.4 is 5.32 Å². The zero-order chi connectivity index (χ0) is 12.7. The number of rotatable bonds is 6. The molecular weight excluding hydrogens is 228 g/mol. The Morgan fingerprint density at radius 1 is 1.35 bits per heavy atom. The molecule has 1 heterocycles. The van der Waals surface area contributed by atoms with Gasteiger partial charge in [0.2, 0.25) is 0 Å². The van der Waals surface area contributed by atoms with Crippen molar-refractivity contribution in [2.24, 2.45) is 10.9 Å². The van der Waals surface area contributed by atoms with Crippen molar-refractivity contribution >= 4 is 16.9 Å². The van der Waals surface area contributed by atoms with Crippen molar-refractivity contribution in [2.45, 2.75) is 71.9 Å². The van der Waals surface area contributed by atoms with E-state index in [-0.39, 0.29) is 0 Å². The van der Waals surface area contributed by atoms with Crippen molar-refractivity contribution in [3.63, 3.8) is 0 Å². The Kier molecular flexibility index (Phi) is 7.02. The Bertz CT molecular complexity index is 238. The van der Waals surface area contributed by atoms with Crippen LogP contribution in [0.25, 0.3) is 0 Å². The second kappa shape index (κ2) is 8.02. The van der Waals surface area contributed by atoms with E-state index in [0.29, 0.717) is 18.0 Å². The van der Waals surface area contributed by atoms with Crippen molar-refractivity contribution in [1.82, 2.24) is 5.32 Å². The molecule has 0 spiro atoms. The van der Waals surface area contributed by atoms with E-state index in [1.165, 1.54) is 43.0 Å². The minimum Gasteiger partial charge on any atom is -0.362 e. The van der Waals surface area contributed by atoms with Crippen LogP contribution in [-0.2, 0) is 0 Å². The maximum Gasteiger partial charge on any atom is 0.157 e. The lowest BCUT2D eigenvalue weighted by molar-refractivity contribution is 0.479. The van der Waals surface area contributed by atoms with Crippen LogP contribution in [0.5, 0.6) is 0 Å². The highest BCUT2D eigenvalue weighted by Crippen LogP contribution is 2.22. The lowest BCUT2D eigenvalue weighted by Gasteiger charge is -2.25. The molecule has 1 aliphatic rings. The predicted molar refractivity (Wildman–Crippen MR) is 79.9 cm³/mol. The van der Waals surface area contributed by atoms with E-state index in [0.717, 1.165) is 0 Å². The lowest BCUT2D eigenvalue weighted by atomic mass is 10.0. The third-order valence-electron chi connectivity index (χ3n) is 3.32. The van der Waals surface area contributed by atoms with Gasteiger partial charge in [-0.25, -0.2) is 0 Å². The average molecular weight is 256 g/mol. The monoisotopic (exact) mass is 256 g/mol. The van der Waals surface area contributed by atoms with Crippen LogP contribution in [0.4, 0.5) is 0 Å². The van der Waals surface area contributed by atoms with E-state index >= 15 is 0 Å². The Balaban J connectivity index is 2.34. The molecule has 2 unspecified atom stereocenters. The SMILES string of the molecule is CCCCCC(C)NC1=NC(C(C)C)CCS1. The number of nitrogens with zero attached hydrogens (tertiary/aromatic N) is 1. The summed E-state index contributed by atoms with van der Waals surface area (Å²) in [4.78, 5) is 4.82. The normalized spacial score (nSPS) is 22.4. The highest BCUT2D eigenvalue weighted by molar-refractivity contribution is 8.13. The van der Waals surface area contributed by atoms with Crippen molar-refractivity contribution in [3.05, 3.63) is 0 Å². The van der Waals surface area contributed by atoms with Crippen molar-refractivity contribution in [3.8, 4) is 0 Å². The Morgan fingerprint density at radius 2 is 2.12 bits per heavy atom. The number of thioether (sulfide) groups is 1. The zero-order valence-electron chi connectivity index (χ0n) is 11.8. The number of nitrogens with one attached hydrogen (secondary N) is 1. The zero-order valence-corrected chi connectivity index (χ0v) is 12.6. The maximum absolute atomic E-state index is 4.82. The molecule has 17 heavy (non-hydrogen) atoms. The molecule has 0 bridgehead atoms. The van der Waals surface area contributed by atoms with E-state index in [9.17, 15) is 0 Å². The first-order valence-electron chi connectivity index (χ1n) is 7.10. The third kappa shape index (κ3) is 5.80. The van der Waals surface area contributed by atoms with Gasteiger partial charge in [0.25, 0.3) is 0 Å². The second-order valence-electron chi connectivity index (χ2n) is 5.42. The first kappa shape index (κ1) is 14.9.